The third-order valence-electron chi connectivity index (χ3n) is 4.31. The largest absolute Gasteiger partial charge is 0.269 e. The fourth-order valence-corrected chi connectivity index (χ4v) is 2.87. The van der Waals surface area contributed by atoms with Crippen molar-refractivity contribution < 1.29 is 4.39 Å². The van der Waals surface area contributed by atoms with Crippen LogP contribution in [0.25, 0.3) is 5.65 Å². The molecule has 0 aliphatic carbocycles. The summed E-state index contributed by atoms with van der Waals surface area (Å²) in [6, 6.07) is 4.66. The van der Waals surface area contributed by atoms with Gasteiger partial charge in [-0.2, -0.15) is 4.39 Å². The molecule has 0 N–H and O–H groups in total. The van der Waals surface area contributed by atoms with E-state index in [2.05, 4.69) is 32.1 Å². The maximum Gasteiger partial charge on any atom is 0.213 e. The van der Waals surface area contributed by atoms with E-state index in [9.17, 15) is 4.39 Å². The Kier molecular flexibility index (Phi) is 6.37. The summed E-state index contributed by atoms with van der Waals surface area (Å²) in [6.45, 7) is 5.86. The van der Waals surface area contributed by atoms with Crippen LogP contribution in [0.3, 0.4) is 0 Å². The molecule has 0 aliphatic heterocycles. The van der Waals surface area contributed by atoms with Crippen LogP contribution in [0.5, 0.6) is 0 Å². The second-order valence-corrected chi connectivity index (χ2v) is 6.39. The van der Waals surface area contributed by atoms with Gasteiger partial charge in [0.25, 0.3) is 0 Å². The minimum Gasteiger partial charge on any atom is -0.269 e. The Labute approximate surface area is 163 Å². The summed E-state index contributed by atoms with van der Waals surface area (Å²) in [7, 11) is 0. The van der Waals surface area contributed by atoms with Crippen molar-refractivity contribution in [2.24, 2.45) is 4.99 Å². The minimum absolute atomic E-state index is 0.508. The van der Waals surface area contributed by atoms with E-state index in [1.165, 1.54) is 6.07 Å². The third kappa shape index (κ3) is 4.54. The zero-order valence-electron chi connectivity index (χ0n) is 16.3. The summed E-state index contributed by atoms with van der Waals surface area (Å²) in [5, 5.41) is 8.44. The lowest BCUT2D eigenvalue weighted by Gasteiger charge is -2.07. The van der Waals surface area contributed by atoms with Crippen LogP contribution in [0.15, 0.2) is 53.9 Å². The Morgan fingerprint density at radius 1 is 1.25 bits per heavy atom. The highest BCUT2D eigenvalue weighted by Crippen LogP contribution is 2.16. The molecule has 7 heteroatoms. The first kappa shape index (κ1) is 19.5. The number of aryl methyl sites for hydroxylation is 2. The standard InChI is InChI=1S/C21H23FN6/c1-4-9-17-19(24-14-28-16(3)26-27-21(17)28)10-6-5-7-13-23-15(2)18-11-8-12-20(22)25-18/h5-8,11-14H,4,9-10H2,1-3H3/b6-5-,13-7-,23-15+. The maximum absolute atomic E-state index is 13.2. The van der Waals surface area contributed by atoms with Crippen LogP contribution in [0.2, 0.25) is 0 Å². The minimum atomic E-state index is -0.508. The summed E-state index contributed by atoms with van der Waals surface area (Å²) < 4.78 is 15.1. The molecule has 3 heterocycles. The molecule has 3 aromatic heterocycles. The predicted molar refractivity (Wildman–Crippen MR) is 108 cm³/mol. The molecule has 0 unspecified atom stereocenters. The second-order valence-electron chi connectivity index (χ2n) is 6.39. The molecular formula is C21H23FN6. The lowest BCUT2D eigenvalue weighted by molar-refractivity contribution is 0.583. The SMILES string of the molecule is CCCc1c(C\C=C/C=C\N=C(/C)c2cccc(F)n2)ncn2c(C)nnc12. The van der Waals surface area contributed by atoms with Gasteiger partial charge in [0.15, 0.2) is 5.65 Å². The van der Waals surface area contributed by atoms with Gasteiger partial charge < -0.3 is 0 Å². The van der Waals surface area contributed by atoms with E-state index in [-0.39, 0.29) is 0 Å². The van der Waals surface area contributed by atoms with Crippen LogP contribution in [0.4, 0.5) is 4.39 Å². The molecule has 3 aromatic rings. The number of fused-ring (bicyclic) bond motifs is 1. The Morgan fingerprint density at radius 2 is 2.11 bits per heavy atom. The molecule has 0 spiro atoms. The average molecular weight is 378 g/mol. The molecule has 0 aromatic carbocycles. The highest BCUT2D eigenvalue weighted by molar-refractivity contribution is 5.97. The van der Waals surface area contributed by atoms with Gasteiger partial charge >= 0.3 is 0 Å². The van der Waals surface area contributed by atoms with Crippen molar-refractivity contribution in [3.63, 3.8) is 0 Å². The van der Waals surface area contributed by atoms with Crippen molar-refractivity contribution in [2.45, 2.75) is 40.0 Å². The lowest BCUT2D eigenvalue weighted by atomic mass is 10.1. The van der Waals surface area contributed by atoms with Gasteiger partial charge in [0, 0.05) is 18.2 Å². The lowest BCUT2D eigenvalue weighted by Crippen LogP contribution is -2.03. The highest BCUT2D eigenvalue weighted by atomic mass is 19.1. The van der Waals surface area contributed by atoms with Gasteiger partial charge in [-0.3, -0.25) is 9.39 Å². The number of hydrogen-bond donors (Lipinski definition) is 0. The van der Waals surface area contributed by atoms with Gasteiger partial charge in [0.05, 0.1) is 17.1 Å². The molecule has 0 radical (unpaired) electrons. The zero-order chi connectivity index (χ0) is 19.9. The number of nitrogens with zero attached hydrogens (tertiary/aromatic N) is 6. The van der Waals surface area contributed by atoms with Crippen molar-refractivity contribution in [1.29, 1.82) is 0 Å². The van der Waals surface area contributed by atoms with E-state index in [1.54, 1.807) is 31.6 Å². The van der Waals surface area contributed by atoms with E-state index < -0.39 is 5.95 Å². The Bertz CT molecular complexity index is 1050. The predicted octanol–water partition coefficient (Wildman–Crippen LogP) is 4.04. The molecule has 0 atom stereocenters. The number of aliphatic imine (C=N–C) groups is 1. The number of halogens is 1. The zero-order valence-corrected chi connectivity index (χ0v) is 16.3. The van der Waals surface area contributed by atoms with Gasteiger partial charge in [-0.05, 0) is 38.5 Å². The fourth-order valence-electron chi connectivity index (χ4n) is 2.87. The summed E-state index contributed by atoms with van der Waals surface area (Å²) in [5.41, 5.74) is 4.22. The second kappa shape index (κ2) is 9.12. The monoisotopic (exact) mass is 378 g/mol. The van der Waals surface area contributed by atoms with E-state index in [0.717, 1.165) is 35.6 Å². The Balaban J connectivity index is 1.68. The van der Waals surface area contributed by atoms with Gasteiger partial charge in [0.2, 0.25) is 5.95 Å². The molecule has 0 bridgehead atoms. The molecule has 28 heavy (non-hydrogen) atoms. The molecule has 0 aliphatic rings. The molecule has 6 nitrogen and oxygen atoms in total. The topological polar surface area (TPSA) is 68.3 Å². The first-order valence-corrected chi connectivity index (χ1v) is 9.27. The number of rotatable bonds is 7. The van der Waals surface area contributed by atoms with Crippen LogP contribution in [-0.4, -0.2) is 30.3 Å². The summed E-state index contributed by atoms with van der Waals surface area (Å²) >= 11 is 0. The van der Waals surface area contributed by atoms with Gasteiger partial charge in [-0.25, -0.2) is 9.97 Å². The number of aromatic nitrogens is 5. The quantitative estimate of drug-likeness (QED) is 0.353. The molecule has 0 saturated heterocycles. The third-order valence-corrected chi connectivity index (χ3v) is 4.31. The van der Waals surface area contributed by atoms with Crippen molar-refractivity contribution in [3.05, 3.63) is 77.7 Å². The van der Waals surface area contributed by atoms with Gasteiger partial charge in [0.1, 0.15) is 12.2 Å². The molecule has 144 valence electrons. The first-order chi connectivity index (χ1) is 13.6. The molecule has 3 rings (SSSR count). The van der Waals surface area contributed by atoms with E-state index >= 15 is 0 Å². The number of hydrogen-bond acceptors (Lipinski definition) is 5. The van der Waals surface area contributed by atoms with Crippen molar-refractivity contribution in [1.82, 2.24) is 24.6 Å². The fraction of sp³-hybridized carbons (Fsp3) is 0.286. The van der Waals surface area contributed by atoms with Crippen LogP contribution in [0.1, 0.15) is 43.0 Å². The van der Waals surface area contributed by atoms with E-state index in [1.807, 2.05) is 29.6 Å². The Hall–Kier alpha value is -3.22. The van der Waals surface area contributed by atoms with Crippen molar-refractivity contribution >= 4 is 11.4 Å². The summed E-state index contributed by atoms with van der Waals surface area (Å²) in [5.74, 6) is 0.331. The van der Waals surface area contributed by atoms with Crippen molar-refractivity contribution in [3.8, 4) is 0 Å². The molecule has 0 fully saturated rings. The van der Waals surface area contributed by atoms with Gasteiger partial charge in [-0.15, -0.1) is 10.2 Å². The normalized spacial score (nSPS) is 12.6. The molecular weight excluding hydrogens is 355 g/mol. The molecule has 0 amide bonds. The van der Waals surface area contributed by atoms with E-state index in [4.69, 9.17) is 0 Å². The highest BCUT2D eigenvalue weighted by Gasteiger charge is 2.11. The maximum atomic E-state index is 13.2. The summed E-state index contributed by atoms with van der Waals surface area (Å²) in [4.78, 5) is 12.7. The Morgan fingerprint density at radius 3 is 2.89 bits per heavy atom. The van der Waals surface area contributed by atoms with Crippen LogP contribution in [-0.2, 0) is 12.8 Å². The number of allylic oxidation sites excluding steroid dienone is 3. The van der Waals surface area contributed by atoms with Gasteiger partial charge in [-0.1, -0.05) is 31.6 Å². The smallest absolute Gasteiger partial charge is 0.213 e. The van der Waals surface area contributed by atoms with Crippen LogP contribution >= 0.6 is 0 Å². The number of pyridine rings is 1. The average Bonchev–Trinajstić information content (AvgIpc) is 3.07. The van der Waals surface area contributed by atoms with Crippen LogP contribution in [0, 0.1) is 12.9 Å². The summed E-state index contributed by atoms with van der Waals surface area (Å²) in [6.07, 6.45) is 11.9. The first-order valence-electron chi connectivity index (χ1n) is 9.27. The van der Waals surface area contributed by atoms with Crippen molar-refractivity contribution in [2.75, 3.05) is 0 Å². The van der Waals surface area contributed by atoms with Crippen LogP contribution < -0.4 is 0 Å². The van der Waals surface area contributed by atoms with E-state index in [0.29, 0.717) is 17.8 Å². The molecule has 0 saturated carbocycles.